The zero-order valence-corrected chi connectivity index (χ0v) is 17.2. The van der Waals surface area contributed by atoms with Crippen LogP contribution in [0, 0.1) is 12.7 Å². The molecule has 0 saturated carbocycles. The van der Waals surface area contributed by atoms with Crippen LogP contribution in [0.25, 0.3) is 17.0 Å². The Kier molecular flexibility index (Phi) is 5.07. The van der Waals surface area contributed by atoms with Crippen LogP contribution in [0.3, 0.4) is 0 Å². The second kappa shape index (κ2) is 8.03. The molecule has 8 heteroatoms. The number of piperidine rings is 1. The minimum atomic E-state index is -0.299. The van der Waals surface area contributed by atoms with E-state index in [-0.39, 0.29) is 17.3 Å². The predicted octanol–water partition coefficient (Wildman–Crippen LogP) is 3.57. The van der Waals surface area contributed by atoms with Crippen LogP contribution >= 0.6 is 0 Å². The molecule has 0 radical (unpaired) electrons. The molecule has 4 heterocycles. The van der Waals surface area contributed by atoms with Crippen LogP contribution in [0.5, 0.6) is 0 Å². The second-order valence-corrected chi connectivity index (χ2v) is 8.01. The van der Waals surface area contributed by atoms with Gasteiger partial charge in [-0.1, -0.05) is 11.2 Å². The third kappa shape index (κ3) is 3.98. The fraction of sp³-hybridized carbons (Fsp3) is 0.304. The van der Waals surface area contributed by atoms with Crippen LogP contribution in [0.1, 0.15) is 35.9 Å². The van der Waals surface area contributed by atoms with Gasteiger partial charge in [-0.15, -0.1) is 0 Å². The van der Waals surface area contributed by atoms with Crippen LogP contribution in [-0.2, 0) is 6.54 Å². The number of fused-ring (bicyclic) bond motifs is 1. The lowest BCUT2D eigenvalue weighted by Crippen LogP contribution is -2.34. The van der Waals surface area contributed by atoms with Gasteiger partial charge in [-0.2, -0.15) is 4.98 Å². The summed E-state index contributed by atoms with van der Waals surface area (Å²) in [6.45, 7) is 4.22. The largest absolute Gasteiger partial charge is 0.339 e. The third-order valence-corrected chi connectivity index (χ3v) is 5.72. The molecular formula is C23H22FN5O2. The lowest BCUT2D eigenvalue weighted by atomic mass is 9.98. The summed E-state index contributed by atoms with van der Waals surface area (Å²) < 4.78 is 20.3. The number of pyridine rings is 1. The first-order valence-electron chi connectivity index (χ1n) is 10.4. The number of hydrogen-bond acceptors (Lipinski definition) is 6. The van der Waals surface area contributed by atoms with Gasteiger partial charge in [0.05, 0.1) is 11.6 Å². The quantitative estimate of drug-likeness (QED) is 0.503. The van der Waals surface area contributed by atoms with Gasteiger partial charge < -0.3 is 4.52 Å². The van der Waals surface area contributed by atoms with Crippen molar-refractivity contribution in [2.75, 3.05) is 13.1 Å². The maximum atomic E-state index is 13.2. The first-order valence-corrected chi connectivity index (χ1v) is 10.4. The zero-order valence-electron chi connectivity index (χ0n) is 17.2. The predicted molar refractivity (Wildman–Crippen MR) is 113 cm³/mol. The van der Waals surface area contributed by atoms with E-state index in [4.69, 9.17) is 9.51 Å². The monoisotopic (exact) mass is 419 g/mol. The van der Waals surface area contributed by atoms with E-state index in [2.05, 4.69) is 15.0 Å². The average molecular weight is 419 g/mol. The normalized spacial score (nSPS) is 17.3. The molecule has 1 fully saturated rings. The minimum absolute atomic E-state index is 0.0712. The maximum absolute atomic E-state index is 13.2. The Labute approximate surface area is 178 Å². The van der Waals surface area contributed by atoms with E-state index in [0.717, 1.165) is 42.8 Å². The van der Waals surface area contributed by atoms with Crippen molar-refractivity contribution in [1.82, 2.24) is 24.4 Å². The number of nitrogens with zero attached hydrogens (tertiary/aromatic N) is 5. The summed E-state index contributed by atoms with van der Waals surface area (Å²) in [7, 11) is 0. The molecule has 7 nitrogen and oxygen atoms in total. The number of halogens is 1. The van der Waals surface area contributed by atoms with Crippen molar-refractivity contribution in [3.8, 4) is 11.4 Å². The van der Waals surface area contributed by atoms with E-state index >= 15 is 0 Å². The first kappa shape index (κ1) is 19.6. The highest BCUT2D eigenvalue weighted by molar-refractivity contribution is 5.53. The number of aryl methyl sites for hydroxylation is 1. The smallest absolute Gasteiger partial charge is 0.258 e. The molecule has 1 atom stereocenters. The van der Waals surface area contributed by atoms with Gasteiger partial charge in [0.25, 0.3) is 5.56 Å². The van der Waals surface area contributed by atoms with Crippen molar-refractivity contribution < 1.29 is 8.91 Å². The van der Waals surface area contributed by atoms with Crippen molar-refractivity contribution in [3.05, 3.63) is 82.0 Å². The molecule has 0 aliphatic carbocycles. The van der Waals surface area contributed by atoms with Crippen LogP contribution in [-0.4, -0.2) is 37.5 Å². The highest BCUT2D eigenvalue weighted by atomic mass is 19.1. The maximum Gasteiger partial charge on any atom is 0.258 e. The molecule has 0 spiro atoms. The Morgan fingerprint density at radius 1 is 1.19 bits per heavy atom. The van der Waals surface area contributed by atoms with E-state index in [1.54, 1.807) is 28.8 Å². The molecule has 4 aromatic rings. The minimum Gasteiger partial charge on any atom is -0.339 e. The number of aromatic nitrogens is 4. The number of benzene rings is 1. The fourth-order valence-corrected chi connectivity index (χ4v) is 4.14. The van der Waals surface area contributed by atoms with E-state index < -0.39 is 0 Å². The van der Waals surface area contributed by atoms with Crippen molar-refractivity contribution in [1.29, 1.82) is 0 Å². The summed E-state index contributed by atoms with van der Waals surface area (Å²) >= 11 is 0. The lowest BCUT2D eigenvalue weighted by Gasteiger charge is -2.30. The van der Waals surface area contributed by atoms with E-state index in [0.29, 0.717) is 23.9 Å². The molecule has 3 aromatic heterocycles. The molecule has 0 amide bonds. The fourth-order valence-electron chi connectivity index (χ4n) is 4.14. The SMILES string of the molecule is Cc1cccn2c(=O)cc(CN3CCCC(c4nc(-c5ccc(F)cc5)no4)C3)nc12. The van der Waals surface area contributed by atoms with Gasteiger partial charge in [0, 0.05) is 30.9 Å². The number of hydrogen-bond donors (Lipinski definition) is 0. The van der Waals surface area contributed by atoms with Gasteiger partial charge in [-0.05, 0) is 62.2 Å². The van der Waals surface area contributed by atoms with Gasteiger partial charge in [-0.25, -0.2) is 9.37 Å². The number of likely N-dealkylation sites (tertiary alicyclic amines) is 1. The van der Waals surface area contributed by atoms with Crippen LogP contribution in [0.15, 0.2) is 58.0 Å². The molecule has 31 heavy (non-hydrogen) atoms. The van der Waals surface area contributed by atoms with Crippen LogP contribution in [0.4, 0.5) is 4.39 Å². The molecule has 0 N–H and O–H groups in total. The second-order valence-electron chi connectivity index (χ2n) is 8.01. The van der Waals surface area contributed by atoms with Gasteiger partial charge >= 0.3 is 0 Å². The Morgan fingerprint density at radius 2 is 2.03 bits per heavy atom. The average Bonchev–Trinajstić information content (AvgIpc) is 3.26. The van der Waals surface area contributed by atoms with Gasteiger partial charge in [0.2, 0.25) is 11.7 Å². The van der Waals surface area contributed by atoms with Gasteiger partial charge in [0.15, 0.2) is 0 Å². The standard InChI is InChI=1S/C23H22FN5O2/c1-15-4-2-11-29-20(30)12-19(25-22(15)29)14-28-10-3-5-17(13-28)23-26-21(27-31-23)16-6-8-18(24)9-7-16/h2,4,6-9,11-12,17H,3,5,10,13-14H2,1H3. The number of rotatable bonds is 4. The molecule has 1 aromatic carbocycles. The molecule has 158 valence electrons. The summed E-state index contributed by atoms with van der Waals surface area (Å²) in [5.41, 5.74) is 3.08. The topological polar surface area (TPSA) is 76.5 Å². The van der Waals surface area contributed by atoms with Gasteiger partial charge in [-0.3, -0.25) is 14.1 Å². The van der Waals surface area contributed by atoms with Gasteiger partial charge in [0.1, 0.15) is 11.5 Å². The summed E-state index contributed by atoms with van der Waals surface area (Å²) in [6, 6.07) is 11.5. The highest BCUT2D eigenvalue weighted by Crippen LogP contribution is 2.28. The Hall–Kier alpha value is -3.39. The van der Waals surface area contributed by atoms with Crippen molar-refractivity contribution in [2.45, 2.75) is 32.2 Å². The summed E-state index contributed by atoms with van der Waals surface area (Å²) in [5, 5.41) is 4.07. The molecular weight excluding hydrogens is 397 g/mol. The van der Waals surface area contributed by atoms with E-state index in [1.165, 1.54) is 12.1 Å². The Balaban J connectivity index is 1.33. The molecule has 1 aliphatic rings. The highest BCUT2D eigenvalue weighted by Gasteiger charge is 2.26. The Morgan fingerprint density at radius 3 is 2.87 bits per heavy atom. The molecule has 1 aliphatic heterocycles. The first-order chi connectivity index (χ1) is 15.1. The van der Waals surface area contributed by atoms with Crippen LogP contribution in [0.2, 0.25) is 0 Å². The molecule has 5 rings (SSSR count). The lowest BCUT2D eigenvalue weighted by molar-refractivity contribution is 0.178. The molecule has 1 saturated heterocycles. The van der Waals surface area contributed by atoms with E-state index in [1.807, 2.05) is 19.1 Å². The van der Waals surface area contributed by atoms with Crippen molar-refractivity contribution in [3.63, 3.8) is 0 Å². The third-order valence-electron chi connectivity index (χ3n) is 5.72. The Bertz CT molecular complexity index is 1280. The van der Waals surface area contributed by atoms with Crippen LogP contribution < -0.4 is 5.56 Å². The molecule has 1 unspecified atom stereocenters. The summed E-state index contributed by atoms with van der Waals surface area (Å²) in [6.07, 6.45) is 3.69. The van der Waals surface area contributed by atoms with Crippen molar-refractivity contribution in [2.24, 2.45) is 0 Å². The summed E-state index contributed by atoms with van der Waals surface area (Å²) in [4.78, 5) is 24.0. The summed E-state index contributed by atoms with van der Waals surface area (Å²) in [5.74, 6) is 0.865. The molecule has 0 bridgehead atoms. The van der Waals surface area contributed by atoms with E-state index in [9.17, 15) is 9.18 Å². The zero-order chi connectivity index (χ0) is 21.4. The van der Waals surface area contributed by atoms with Crippen molar-refractivity contribution >= 4 is 5.65 Å².